The topological polar surface area (TPSA) is 58.6 Å². The molecule has 0 saturated heterocycles. The molecule has 0 aliphatic heterocycles. The van der Waals surface area contributed by atoms with Crippen LogP contribution < -0.4 is 5.32 Å². The molecule has 6 heteroatoms. The van der Waals surface area contributed by atoms with Gasteiger partial charge in [-0.3, -0.25) is 9.59 Å². The summed E-state index contributed by atoms with van der Waals surface area (Å²) < 4.78 is 4.74. The van der Waals surface area contributed by atoms with Crippen LogP contribution in [0.1, 0.15) is 38.2 Å². The highest BCUT2D eigenvalue weighted by Crippen LogP contribution is 2.36. The van der Waals surface area contributed by atoms with E-state index >= 15 is 0 Å². The number of carbonyl (C=O) groups is 2. The Bertz CT molecular complexity index is 610. The minimum absolute atomic E-state index is 0.0438. The number of hydrogen-bond acceptors (Lipinski definition) is 4. The maximum Gasteiger partial charge on any atom is 0.303 e. The zero-order valence-corrected chi connectivity index (χ0v) is 15.9. The highest BCUT2D eigenvalue weighted by molar-refractivity contribution is 6.31. The van der Waals surface area contributed by atoms with E-state index in [1.54, 1.807) is 0 Å². The van der Waals surface area contributed by atoms with Crippen LogP contribution in [0.3, 0.4) is 0 Å². The number of rotatable bonds is 6. The summed E-state index contributed by atoms with van der Waals surface area (Å²) >= 11 is 6.35. The van der Waals surface area contributed by atoms with Gasteiger partial charge in [0.15, 0.2) is 6.61 Å². The van der Waals surface area contributed by atoms with Crippen LogP contribution in [-0.2, 0) is 20.7 Å². The third-order valence-corrected chi connectivity index (χ3v) is 5.48. The smallest absolute Gasteiger partial charge is 0.303 e. The van der Waals surface area contributed by atoms with Crippen molar-refractivity contribution in [3.05, 3.63) is 34.9 Å². The number of carbonyl (C=O) groups excluding carboxylic acids is 2. The Hall–Kier alpha value is -1.59. The fourth-order valence-corrected chi connectivity index (χ4v) is 3.72. The lowest BCUT2D eigenvalue weighted by atomic mass is 9.75. The Morgan fingerprint density at radius 2 is 1.92 bits per heavy atom. The van der Waals surface area contributed by atoms with Gasteiger partial charge in [0.25, 0.3) is 5.91 Å². The first-order chi connectivity index (χ1) is 11.8. The molecule has 0 atom stereocenters. The standard InChI is InChI=1S/C19H27ClN2O3/c1-14(23)25-13-18(24)21-16-8-10-19(11-9-16,22(2)3)12-15-6-4-5-7-17(15)20/h4-7,16H,8-13H2,1-3H3,(H,21,24). The summed E-state index contributed by atoms with van der Waals surface area (Å²) in [6.07, 6.45) is 4.64. The van der Waals surface area contributed by atoms with E-state index in [0.29, 0.717) is 0 Å². The molecule has 2 rings (SSSR count). The van der Waals surface area contributed by atoms with Crippen LogP contribution in [0, 0.1) is 0 Å². The van der Waals surface area contributed by atoms with E-state index < -0.39 is 5.97 Å². The molecule has 1 saturated carbocycles. The van der Waals surface area contributed by atoms with E-state index in [9.17, 15) is 9.59 Å². The fraction of sp³-hybridized carbons (Fsp3) is 0.579. The number of amides is 1. The molecule has 25 heavy (non-hydrogen) atoms. The second kappa shape index (κ2) is 8.68. The molecule has 1 amide bonds. The van der Waals surface area contributed by atoms with Gasteiger partial charge in [-0.1, -0.05) is 29.8 Å². The summed E-state index contributed by atoms with van der Waals surface area (Å²) in [7, 11) is 4.22. The van der Waals surface area contributed by atoms with Crippen LogP contribution in [0.2, 0.25) is 5.02 Å². The minimum Gasteiger partial charge on any atom is -0.456 e. The first-order valence-electron chi connectivity index (χ1n) is 8.66. The third-order valence-electron chi connectivity index (χ3n) is 5.11. The Kier molecular flexibility index (Phi) is 6.85. The lowest BCUT2D eigenvalue weighted by Crippen LogP contribution is -2.52. The number of nitrogens with one attached hydrogen (secondary N) is 1. The van der Waals surface area contributed by atoms with Crippen molar-refractivity contribution in [3.63, 3.8) is 0 Å². The zero-order valence-electron chi connectivity index (χ0n) is 15.2. The Labute approximate surface area is 154 Å². The van der Waals surface area contributed by atoms with Gasteiger partial charge in [-0.05, 0) is 57.8 Å². The zero-order chi connectivity index (χ0) is 18.4. The number of esters is 1. The average Bonchev–Trinajstić information content (AvgIpc) is 2.57. The summed E-state index contributed by atoms with van der Waals surface area (Å²) in [4.78, 5) is 24.9. The van der Waals surface area contributed by atoms with Gasteiger partial charge >= 0.3 is 5.97 Å². The van der Waals surface area contributed by atoms with Crippen LogP contribution in [0.15, 0.2) is 24.3 Å². The van der Waals surface area contributed by atoms with Crippen LogP contribution in [0.5, 0.6) is 0 Å². The van der Waals surface area contributed by atoms with Crippen molar-refractivity contribution in [2.45, 2.75) is 50.6 Å². The molecule has 0 aromatic heterocycles. The molecule has 1 aromatic rings. The van der Waals surface area contributed by atoms with Gasteiger partial charge in [0.2, 0.25) is 0 Å². The molecule has 5 nitrogen and oxygen atoms in total. The van der Waals surface area contributed by atoms with Crippen LogP contribution in [-0.4, -0.2) is 49.1 Å². The van der Waals surface area contributed by atoms with E-state index in [4.69, 9.17) is 16.3 Å². The van der Waals surface area contributed by atoms with E-state index in [1.165, 1.54) is 6.92 Å². The fourth-order valence-electron chi connectivity index (χ4n) is 3.51. The predicted octanol–water partition coefficient (Wildman–Crippen LogP) is 2.80. The molecule has 138 valence electrons. The van der Waals surface area contributed by atoms with Gasteiger partial charge in [0, 0.05) is 23.5 Å². The number of likely N-dealkylation sites (N-methyl/N-ethyl adjacent to an activating group) is 1. The number of benzene rings is 1. The number of ether oxygens (including phenoxy) is 1. The quantitative estimate of drug-likeness (QED) is 0.786. The first kappa shape index (κ1) is 19.7. The highest BCUT2D eigenvalue weighted by atomic mass is 35.5. The van der Waals surface area contributed by atoms with E-state index in [-0.39, 0.29) is 24.1 Å². The maximum absolute atomic E-state index is 11.8. The second-order valence-corrected chi connectivity index (χ2v) is 7.42. The first-order valence-corrected chi connectivity index (χ1v) is 9.04. The van der Waals surface area contributed by atoms with E-state index in [2.05, 4.69) is 30.4 Å². The molecule has 1 N–H and O–H groups in total. The Morgan fingerprint density at radius 1 is 1.28 bits per heavy atom. The van der Waals surface area contributed by atoms with Crippen LogP contribution in [0.25, 0.3) is 0 Å². The molecule has 0 bridgehead atoms. The Balaban J connectivity index is 1.95. The Morgan fingerprint density at radius 3 is 2.48 bits per heavy atom. The molecular formula is C19H27ClN2O3. The normalized spacial score (nSPS) is 23.3. The number of nitrogens with zero attached hydrogens (tertiary/aromatic N) is 1. The van der Waals surface area contributed by atoms with Gasteiger partial charge in [0.1, 0.15) is 0 Å². The molecule has 0 unspecified atom stereocenters. The van der Waals surface area contributed by atoms with Gasteiger partial charge < -0.3 is 15.0 Å². The highest BCUT2D eigenvalue weighted by Gasteiger charge is 2.38. The van der Waals surface area contributed by atoms with Crippen LogP contribution >= 0.6 is 11.6 Å². The van der Waals surface area contributed by atoms with Crippen molar-refractivity contribution in [1.82, 2.24) is 10.2 Å². The van der Waals surface area contributed by atoms with Crippen molar-refractivity contribution in [2.75, 3.05) is 20.7 Å². The average molecular weight is 367 g/mol. The molecule has 1 aromatic carbocycles. The lowest BCUT2D eigenvalue weighted by molar-refractivity contribution is -0.146. The summed E-state index contributed by atoms with van der Waals surface area (Å²) in [6, 6.07) is 8.11. The van der Waals surface area contributed by atoms with Gasteiger partial charge in [0.05, 0.1) is 0 Å². The number of halogens is 1. The van der Waals surface area contributed by atoms with Crippen molar-refractivity contribution in [2.24, 2.45) is 0 Å². The SMILES string of the molecule is CC(=O)OCC(=O)NC1CCC(Cc2ccccc2Cl)(N(C)C)CC1. The van der Waals surface area contributed by atoms with Gasteiger partial charge in [-0.2, -0.15) is 0 Å². The second-order valence-electron chi connectivity index (χ2n) is 7.01. The molecular weight excluding hydrogens is 340 g/mol. The largest absolute Gasteiger partial charge is 0.456 e. The molecule has 0 spiro atoms. The van der Waals surface area contributed by atoms with Gasteiger partial charge in [-0.25, -0.2) is 0 Å². The van der Waals surface area contributed by atoms with E-state index in [1.807, 2.05) is 18.2 Å². The van der Waals surface area contributed by atoms with Crippen molar-refractivity contribution in [3.8, 4) is 0 Å². The summed E-state index contributed by atoms with van der Waals surface area (Å²) in [6.45, 7) is 1.10. The summed E-state index contributed by atoms with van der Waals surface area (Å²) in [5.41, 5.74) is 1.21. The lowest BCUT2D eigenvalue weighted by Gasteiger charge is -2.45. The molecule has 1 fully saturated rings. The van der Waals surface area contributed by atoms with Crippen molar-refractivity contribution < 1.29 is 14.3 Å². The minimum atomic E-state index is -0.440. The summed E-state index contributed by atoms with van der Waals surface area (Å²) in [5.74, 6) is -0.672. The third kappa shape index (κ3) is 5.44. The number of hydrogen-bond donors (Lipinski definition) is 1. The molecule has 1 aliphatic carbocycles. The van der Waals surface area contributed by atoms with Gasteiger partial charge in [-0.15, -0.1) is 0 Å². The molecule has 0 radical (unpaired) electrons. The van der Waals surface area contributed by atoms with Crippen LogP contribution in [0.4, 0.5) is 0 Å². The summed E-state index contributed by atoms with van der Waals surface area (Å²) in [5, 5.41) is 3.77. The monoisotopic (exact) mass is 366 g/mol. The predicted molar refractivity (Wildman–Crippen MR) is 98.6 cm³/mol. The van der Waals surface area contributed by atoms with E-state index in [0.717, 1.165) is 42.7 Å². The maximum atomic E-state index is 11.8. The molecule has 1 aliphatic rings. The molecule has 0 heterocycles. The van der Waals surface area contributed by atoms with Crippen molar-refractivity contribution >= 4 is 23.5 Å². The van der Waals surface area contributed by atoms with Crippen molar-refractivity contribution in [1.29, 1.82) is 0 Å².